The first kappa shape index (κ1) is 17.9. The average molecular weight is 383 g/mol. The van der Waals surface area contributed by atoms with Crippen LogP contribution in [0.4, 0.5) is 16.6 Å². The highest BCUT2D eigenvalue weighted by molar-refractivity contribution is 7.16. The molecule has 0 unspecified atom stereocenters. The second-order valence-corrected chi connectivity index (χ2v) is 7.15. The van der Waals surface area contributed by atoms with Gasteiger partial charge in [0.15, 0.2) is 5.13 Å². The molecule has 1 aromatic heterocycles. The number of hydrogen-bond acceptors (Lipinski definition) is 5. The third-order valence-corrected chi connectivity index (χ3v) is 5.02. The summed E-state index contributed by atoms with van der Waals surface area (Å²) in [6, 6.07) is 17.1. The predicted molar refractivity (Wildman–Crippen MR) is 105 cm³/mol. The number of hydrogen-bond donors (Lipinski definition) is 1. The summed E-state index contributed by atoms with van der Waals surface area (Å²) in [5, 5.41) is 13.1. The summed E-state index contributed by atoms with van der Waals surface area (Å²) >= 11 is 7.47. The number of aromatic nitrogens is 1. The molecule has 1 heterocycles. The molecular formula is C19H15ClN4OS. The highest BCUT2D eigenvalue weighted by Gasteiger charge is 2.17. The van der Waals surface area contributed by atoms with Crippen LogP contribution >= 0.6 is 22.9 Å². The van der Waals surface area contributed by atoms with Crippen LogP contribution < -0.4 is 10.2 Å². The van der Waals surface area contributed by atoms with Gasteiger partial charge in [-0.05, 0) is 48.9 Å². The highest BCUT2D eigenvalue weighted by atomic mass is 35.5. The number of benzene rings is 2. The van der Waals surface area contributed by atoms with Crippen molar-refractivity contribution in [1.29, 1.82) is 5.26 Å². The molecule has 0 bridgehead atoms. The second kappa shape index (κ2) is 8.00. The van der Waals surface area contributed by atoms with E-state index in [1.807, 2.05) is 48.2 Å². The predicted octanol–water partition coefficient (Wildman–Crippen LogP) is 4.88. The number of carbonyl (C=O) groups is 1. The molecule has 2 aromatic carbocycles. The fourth-order valence-electron chi connectivity index (χ4n) is 2.45. The Balaban J connectivity index is 1.99. The van der Waals surface area contributed by atoms with Crippen molar-refractivity contribution in [3.05, 3.63) is 69.6 Å². The number of aryl methyl sites for hydroxylation is 1. The van der Waals surface area contributed by atoms with Crippen LogP contribution in [0.3, 0.4) is 0 Å². The largest absolute Gasteiger partial charge is 0.313 e. The molecule has 0 saturated heterocycles. The zero-order valence-electron chi connectivity index (χ0n) is 13.9. The van der Waals surface area contributed by atoms with E-state index in [-0.39, 0.29) is 0 Å². The molecule has 0 aliphatic carbocycles. The van der Waals surface area contributed by atoms with Crippen LogP contribution in [-0.4, -0.2) is 11.4 Å². The van der Waals surface area contributed by atoms with Gasteiger partial charge in [-0.1, -0.05) is 35.1 Å². The Labute approximate surface area is 160 Å². The molecule has 3 rings (SSSR count). The maximum Gasteiger partial charge on any atom is 0.212 e. The van der Waals surface area contributed by atoms with Crippen molar-refractivity contribution < 1.29 is 4.79 Å². The number of nitrogens with one attached hydrogen (secondary N) is 1. The van der Waals surface area contributed by atoms with Gasteiger partial charge in [-0.15, -0.1) is 0 Å². The number of carbonyl (C=O) groups excluding carboxylic acids is 1. The van der Waals surface area contributed by atoms with Crippen LogP contribution in [0.1, 0.15) is 16.0 Å². The van der Waals surface area contributed by atoms with E-state index in [2.05, 4.69) is 16.4 Å². The van der Waals surface area contributed by atoms with Crippen molar-refractivity contribution in [3.8, 4) is 6.07 Å². The van der Waals surface area contributed by atoms with Gasteiger partial charge in [0.25, 0.3) is 0 Å². The molecule has 26 heavy (non-hydrogen) atoms. The number of amides is 1. The van der Waals surface area contributed by atoms with Gasteiger partial charge in [-0.25, -0.2) is 4.98 Å². The Kier molecular flexibility index (Phi) is 5.52. The van der Waals surface area contributed by atoms with E-state index in [1.54, 1.807) is 12.1 Å². The minimum atomic E-state index is 0.551. The molecule has 5 nitrogen and oxygen atoms in total. The highest BCUT2D eigenvalue weighted by Crippen LogP contribution is 2.35. The SMILES string of the molecule is Cc1sc(N(Cc2ccc(Cl)cc2)c2ccc(C#N)cc2)nc1NC=O. The topological polar surface area (TPSA) is 69.0 Å². The molecule has 130 valence electrons. The summed E-state index contributed by atoms with van der Waals surface area (Å²) in [4.78, 5) is 18.3. The lowest BCUT2D eigenvalue weighted by atomic mass is 10.2. The van der Waals surface area contributed by atoms with Gasteiger partial charge >= 0.3 is 0 Å². The smallest absolute Gasteiger partial charge is 0.212 e. The van der Waals surface area contributed by atoms with Gasteiger partial charge in [0, 0.05) is 15.6 Å². The summed E-state index contributed by atoms with van der Waals surface area (Å²) < 4.78 is 0. The summed E-state index contributed by atoms with van der Waals surface area (Å²) in [5.41, 5.74) is 2.57. The van der Waals surface area contributed by atoms with Gasteiger partial charge in [-0.3, -0.25) is 4.79 Å². The third kappa shape index (κ3) is 4.02. The maximum atomic E-state index is 10.8. The Bertz CT molecular complexity index is 945. The first-order chi connectivity index (χ1) is 12.6. The molecule has 0 aliphatic rings. The molecule has 7 heteroatoms. The third-order valence-electron chi connectivity index (χ3n) is 3.77. The van der Waals surface area contributed by atoms with Crippen molar-refractivity contribution in [1.82, 2.24) is 4.98 Å². The van der Waals surface area contributed by atoms with Crippen LogP contribution in [0, 0.1) is 18.3 Å². The van der Waals surface area contributed by atoms with E-state index in [0.717, 1.165) is 21.3 Å². The number of nitriles is 1. The zero-order chi connectivity index (χ0) is 18.5. The van der Waals surface area contributed by atoms with E-state index in [1.165, 1.54) is 11.3 Å². The minimum absolute atomic E-state index is 0.551. The summed E-state index contributed by atoms with van der Waals surface area (Å²) in [6.45, 7) is 2.49. The van der Waals surface area contributed by atoms with Crippen LogP contribution in [0.2, 0.25) is 5.02 Å². The summed E-state index contributed by atoms with van der Waals surface area (Å²) in [7, 11) is 0. The molecule has 0 saturated carbocycles. The second-order valence-electron chi connectivity index (χ2n) is 5.53. The standard InChI is InChI=1S/C19H15ClN4OS/c1-13-18(22-12-25)23-19(26-13)24(11-15-2-6-16(20)7-3-15)17-8-4-14(10-21)5-9-17/h2-9,12H,11H2,1H3,(H,22,25). The summed E-state index contributed by atoms with van der Waals surface area (Å²) in [6.07, 6.45) is 0.622. The van der Waals surface area contributed by atoms with E-state index in [0.29, 0.717) is 29.4 Å². The zero-order valence-corrected chi connectivity index (χ0v) is 15.5. The molecular weight excluding hydrogens is 368 g/mol. The minimum Gasteiger partial charge on any atom is -0.313 e. The lowest BCUT2D eigenvalue weighted by Gasteiger charge is -2.22. The van der Waals surface area contributed by atoms with Gasteiger partial charge in [0.1, 0.15) is 5.82 Å². The van der Waals surface area contributed by atoms with E-state index >= 15 is 0 Å². The lowest BCUT2D eigenvalue weighted by Crippen LogP contribution is -2.16. The van der Waals surface area contributed by atoms with Crippen molar-refractivity contribution in [2.24, 2.45) is 0 Å². The number of anilines is 3. The monoisotopic (exact) mass is 382 g/mol. The molecule has 0 radical (unpaired) electrons. The van der Waals surface area contributed by atoms with E-state index in [9.17, 15) is 4.79 Å². The van der Waals surface area contributed by atoms with Gasteiger partial charge in [0.05, 0.1) is 18.2 Å². The van der Waals surface area contributed by atoms with Crippen molar-refractivity contribution in [2.45, 2.75) is 13.5 Å². The molecule has 0 fully saturated rings. The van der Waals surface area contributed by atoms with Crippen molar-refractivity contribution in [3.63, 3.8) is 0 Å². The van der Waals surface area contributed by atoms with Crippen LogP contribution in [-0.2, 0) is 11.3 Å². The quantitative estimate of drug-likeness (QED) is 0.616. The Morgan fingerprint density at radius 2 is 1.92 bits per heavy atom. The van der Waals surface area contributed by atoms with Gasteiger partial charge in [-0.2, -0.15) is 5.26 Å². The summed E-state index contributed by atoms with van der Waals surface area (Å²) in [5.74, 6) is 0.551. The first-order valence-electron chi connectivity index (χ1n) is 7.80. The van der Waals surface area contributed by atoms with Crippen molar-refractivity contribution in [2.75, 3.05) is 10.2 Å². The molecule has 0 aliphatic heterocycles. The van der Waals surface area contributed by atoms with Crippen LogP contribution in [0.25, 0.3) is 0 Å². The number of nitrogens with zero attached hydrogens (tertiary/aromatic N) is 3. The maximum absolute atomic E-state index is 10.8. The van der Waals surface area contributed by atoms with Gasteiger partial charge < -0.3 is 10.2 Å². The molecule has 1 N–H and O–H groups in total. The van der Waals surface area contributed by atoms with Gasteiger partial charge in [0.2, 0.25) is 6.41 Å². The number of thiazole rings is 1. The van der Waals surface area contributed by atoms with Crippen LogP contribution in [0.15, 0.2) is 48.5 Å². The van der Waals surface area contributed by atoms with E-state index < -0.39 is 0 Å². The molecule has 1 amide bonds. The van der Waals surface area contributed by atoms with E-state index in [4.69, 9.17) is 16.9 Å². The fraction of sp³-hybridized carbons (Fsp3) is 0.105. The average Bonchev–Trinajstić information content (AvgIpc) is 3.02. The molecule has 3 aromatic rings. The van der Waals surface area contributed by atoms with Crippen molar-refractivity contribution >= 4 is 46.0 Å². The number of halogens is 1. The number of rotatable bonds is 6. The molecule has 0 spiro atoms. The first-order valence-corrected chi connectivity index (χ1v) is 9.00. The fourth-order valence-corrected chi connectivity index (χ4v) is 3.46. The Morgan fingerprint density at radius 1 is 1.23 bits per heavy atom. The Hall–Kier alpha value is -2.88. The van der Waals surface area contributed by atoms with Crippen LogP contribution in [0.5, 0.6) is 0 Å². The normalized spacial score (nSPS) is 10.2. The Morgan fingerprint density at radius 3 is 2.54 bits per heavy atom. The lowest BCUT2D eigenvalue weighted by molar-refractivity contribution is -0.105. The molecule has 0 atom stereocenters.